The first-order valence-electron chi connectivity index (χ1n) is 7.37. The van der Waals surface area contributed by atoms with E-state index in [0.717, 1.165) is 32.5 Å². The fourth-order valence-corrected chi connectivity index (χ4v) is 2.93. The summed E-state index contributed by atoms with van der Waals surface area (Å²) in [5.74, 6) is 0.281. The van der Waals surface area contributed by atoms with Gasteiger partial charge < -0.3 is 15.0 Å². The molecule has 0 aromatic rings. The monoisotopic (exact) mass is 254 g/mol. The van der Waals surface area contributed by atoms with Crippen molar-refractivity contribution in [2.45, 2.75) is 57.2 Å². The second kappa shape index (κ2) is 7.10. The van der Waals surface area contributed by atoms with Gasteiger partial charge in [0.25, 0.3) is 0 Å². The highest BCUT2D eigenvalue weighted by Crippen LogP contribution is 2.25. The number of hydrogen-bond donors (Lipinski definition) is 1. The average Bonchev–Trinajstić information content (AvgIpc) is 2.89. The Morgan fingerprint density at radius 1 is 1.17 bits per heavy atom. The molecule has 0 spiro atoms. The van der Waals surface area contributed by atoms with E-state index in [1.54, 1.807) is 0 Å². The van der Waals surface area contributed by atoms with Crippen molar-refractivity contribution in [3.8, 4) is 0 Å². The number of nitrogens with zero attached hydrogens (tertiary/aromatic N) is 1. The molecule has 1 heterocycles. The quantitative estimate of drug-likeness (QED) is 0.809. The molecule has 104 valence electrons. The zero-order valence-corrected chi connectivity index (χ0v) is 11.5. The number of amides is 1. The topological polar surface area (TPSA) is 41.6 Å². The number of likely N-dealkylation sites (tertiary alicyclic amines) is 1. The van der Waals surface area contributed by atoms with Gasteiger partial charge in [0, 0.05) is 26.1 Å². The predicted molar refractivity (Wildman–Crippen MR) is 71.5 cm³/mol. The maximum Gasteiger partial charge on any atom is 0.223 e. The Balaban J connectivity index is 1.65. The van der Waals surface area contributed by atoms with Crippen LogP contribution in [0.15, 0.2) is 0 Å². The number of carbonyl (C=O) groups is 1. The minimum atomic E-state index is 0.281. The van der Waals surface area contributed by atoms with E-state index in [4.69, 9.17) is 4.74 Å². The van der Waals surface area contributed by atoms with E-state index in [2.05, 4.69) is 5.32 Å². The van der Waals surface area contributed by atoms with Crippen LogP contribution in [0.2, 0.25) is 0 Å². The van der Waals surface area contributed by atoms with Crippen molar-refractivity contribution in [2.24, 2.45) is 0 Å². The molecule has 1 saturated heterocycles. The fraction of sp³-hybridized carbons (Fsp3) is 0.929. The van der Waals surface area contributed by atoms with Gasteiger partial charge in [-0.3, -0.25) is 4.79 Å². The zero-order valence-electron chi connectivity index (χ0n) is 11.5. The van der Waals surface area contributed by atoms with Gasteiger partial charge in [0.15, 0.2) is 0 Å². The van der Waals surface area contributed by atoms with Gasteiger partial charge in [-0.25, -0.2) is 0 Å². The van der Waals surface area contributed by atoms with Crippen molar-refractivity contribution >= 4 is 5.91 Å². The number of ether oxygens (including phenoxy) is 1. The molecule has 1 amide bonds. The van der Waals surface area contributed by atoms with E-state index >= 15 is 0 Å². The summed E-state index contributed by atoms with van der Waals surface area (Å²) in [7, 11) is 1.88. The summed E-state index contributed by atoms with van der Waals surface area (Å²) in [6.07, 6.45) is 8.66. The van der Waals surface area contributed by atoms with Crippen LogP contribution in [0.4, 0.5) is 0 Å². The number of hydrogen-bond acceptors (Lipinski definition) is 3. The third kappa shape index (κ3) is 3.95. The molecule has 1 N–H and O–H groups in total. The van der Waals surface area contributed by atoms with E-state index in [1.165, 1.54) is 25.7 Å². The number of carbonyl (C=O) groups excluding carboxylic acids is 1. The van der Waals surface area contributed by atoms with Gasteiger partial charge in [-0.2, -0.15) is 0 Å². The Bertz CT molecular complexity index is 257. The highest BCUT2D eigenvalue weighted by atomic mass is 16.5. The standard InChI is InChI=1S/C14H26N2O2/c1-15-9-6-14(17)16-10-7-13(8-11-16)18-12-4-2-3-5-12/h12-13,15H,2-11H2,1H3. The van der Waals surface area contributed by atoms with Crippen LogP contribution in [-0.4, -0.2) is 49.7 Å². The SMILES string of the molecule is CNCCC(=O)N1CCC(OC2CCCC2)CC1. The summed E-state index contributed by atoms with van der Waals surface area (Å²) < 4.78 is 6.11. The minimum absolute atomic E-state index is 0.281. The van der Waals surface area contributed by atoms with Crippen LogP contribution < -0.4 is 5.32 Å². The lowest BCUT2D eigenvalue weighted by Crippen LogP contribution is -2.42. The largest absolute Gasteiger partial charge is 0.375 e. The molecule has 4 heteroatoms. The molecular formula is C14H26N2O2. The van der Waals surface area contributed by atoms with E-state index in [1.807, 2.05) is 11.9 Å². The molecule has 1 aliphatic carbocycles. The van der Waals surface area contributed by atoms with Gasteiger partial charge in [-0.1, -0.05) is 12.8 Å². The van der Waals surface area contributed by atoms with Gasteiger partial charge in [0.1, 0.15) is 0 Å². The van der Waals surface area contributed by atoms with Gasteiger partial charge in [0.05, 0.1) is 12.2 Å². The lowest BCUT2D eigenvalue weighted by molar-refractivity contribution is -0.134. The Labute approximate surface area is 110 Å². The molecule has 0 unspecified atom stereocenters. The first-order chi connectivity index (χ1) is 8.79. The summed E-state index contributed by atoms with van der Waals surface area (Å²) in [5.41, 5.74) is 0. The van der Waals surface area contributed by atoms with Crippen molar-refractivity contribution in [3.05, 3.63) is 0 Å². The Hall–Kier alpha value is -0.610. The van der Waals surface area contributed by atoms with Crippen LogP contribution in [0, 0.1) is 0 Å². The minimum Gasteiger partial charge on any atom is -0.375 e. The van der Waals surface area contributed by atoms with E-state index < -0.39 is 0 Å². The molecule has 1 aliphatic heterocycles. The molecule has 0 atom stereocenters. The van der Waals surface area contributed by atoms with Gasteiger partial charge in [-0.05, 0) is 32.7 Å². The van der Waals surface area contributed by atoms with Crippen LogP contribution in [0.5, 0.6) is 0 Å². The van der Waals surface area contributed by atoms with E-state index in [0.29, 0.717) is 18.6 Å². The molecule has 0 radical (unpaired) electrons. The summed E-state index contributed by atoms with van der Waals surface area (Å²) in [4.78, 5) is 13.8. The molecule has 0 bridgehead atoms. The van der Waals surface area contributed by atoms with E-state index in [9.17, 15) is 4.79 Å². The Kier molecular flexibility index (Phi) is 5.45. The highest BCUT2D eigenvalue weighted by Gasteiger charge is 2.26. The predicted octanol–water partition coefficient (Wildman–Crippen LogP) is 1.55. The van der Waals surface area contributed by atoms with Gasteiger partial charge in [-0.15, -0.1) is 0 Å². The summed E-state index contributed by atoms with van der Waals surface area (Å²) in [6.45, 7) is 2.53. The molecular weight excluding hydrogens is 228 g/mol. The summed E-state index contributed by atoms with van der Waals surface area (Å²) in [5, 5.41) is 3.02. The molecule has 0 aromatic carbocycles. The molecule has 2 rings (SSSR count). The smallest absolute Gasteiger partial charge is 0.223 e. The van der Waals surface area contributed by atoms with Gasteiger partial charge >= 0.3 is 0 Å². The van der Waals surface area contributed by atoms with Crippen molar-refractivity contribution < 1.29 is 9.53 Å². The summed E-state index contributed by atoms with van der Waals surface area (Å²) >= 11 is 0. The molecule has 2 fully saturated rings. The first kappa shape index (κ1) is 13.8. The van der Waals surface area contributed by atoms with Crippen LogP contribution in [0.3, 0.4) is 0 Å². The maximum absolute atomic E-state index is 11.9. The van der Waals surface area contributed by atoms with Crippen LogP contribution >= 0.6 is 0 Å². The lowest BCUT2D eigenvalue weighted by Gasteiger charge is -2.33. The molecule has 4 nitrogen and oxygen atoms in total. The van der Waals surface area contributed by atoms with Crippen molar-refractivity contribution in [2.75, 3.05) is 26.7 Å². The first-order valence-corrected chi connectivity index (χ1v) is 7.37. The Morgan fingerprint density at radius 2 is 1.78 bits per heavy atom. The van der Waals surface area contributed by atoms with Crippen LogP contribution in [0.25, 0.3) is 0 Å². The van der Waals surface area contributed by atoms with Crippen LogP contribution in [0.1, 0.15) is 44.9 Å². The number of piperidine rings is 1. The van der Waals surface area contributed by atoms with E-state index in [-0.39, 0.29) is 5.91 Å². The third-order valence-corrected chi connectivity index (χ3v) is 4.07. The van der Waals surface area contributed by atoms with Crippen molar-refractivity contribution in [1.82, 2.24) is 10.2 Å². The summed E-state index contributed by atoms with van der Waals surface area (Å²) in [6, 6.07) is 0. The number of rotatable bonds is 5. The normalized spacial score (nSPS) is 22.6. The second-order valence-corrected chi connectivity index (χ2v) is 5.48. The third-order valence-electron chi connectivity index (χ3n) is 4.07. The lowest BCUT2D eigenvalue weighted by atomic mass is 10.1. The van der Waals surface area contributed by atoms with Crippen molar-refractivity contribution in [1.29, 1.82) is 0 Å². The Morgan fingerprint density at radius 3 is 2.39 bits per heavy atom. The zero-order chi connectivity index (χ0) is 12.8. The molecule has 2 aliphatic rings. The van der Waals surface area contributed by atoms with Crippen molar-refractivity contribution in [3.63, 3.8) is 0 Å². The number of nitrogens with one attached hydrogen (secondary N) is 1. The molecule has 18 heavy (non-hydrogen) atoms. The molecule has 1 saturated carbocycles. The molecule has 0 aromatic heterocycles. The maximum atomic E-state index is 11.9. The highest BCUT2D eigenvalue weighted by molar-refractivity contribution is 5.76. The average molecular weight is 254 g/mol. The second-order valence-electron chi connectivity index (χ2n) is 5.48. The van der Waals surface area contributed by atoms with Gasteiger partial charge in [0.2, 0.25) is 5.91 Å². The van der Waals surface area contributed by atoms with Crippen LogP contribution in [-0.2, 0) is 9.53 Å². The fourth-order valence-electron chi connectivity index (χ4n) is 2.93.